The number of hydrogen-bond acceptors (Lipinski definition) is 8. The predicted molar refractivity (Wildman–Crippen MR) is 113 cm³/mol. The number of thiazole rings is 1. The van der Waals surface area contributed by atoms with Crippen molar-refractivity contribution in [3.63, 3.8) is 0 Å². The Hall–Kier alpha value is -2.57. The summed E-state index contributed by atoms with van der Waals surface area (Å²) in [5, 5.41) is 1.86. The Kier molecular flexibility index (Phi) is 5.71. The Bertz CT molecular complexity index is 1280. The summed E-state index contributed by atoms with van der Waals surface area (Å²) in [6, 6.07) is 1.37. The summed E-state index contributed by atoms with van der Waals surface area (Å²) < 4.78 is 35.4. The largest absolute Gasteiger partial charge is 0.459 e. The van der Waals surface area contributed by atoms with E-state index < -0.39 is 21.9 Å². The number of aryl methyl sites for hydroxylation is 3. The number of nitrogens with zero attached hydrogens (tertiary/aromatic N) is 5. The Morgan fingerprint density at radius 3 is 2.61 bits per heavy atom. The van der Waals surface area contributed by atoms with Gasteiger partial charge in [0.2, 0.25) is 0 Å². The Balaban J connectivity index is 1.36. The summed E-state index contributed by atoms with van der Waals surface area (Å²) in [5.41, 5.74) is 0.993. The Labute approximate surface area is 183 Å². The van der Waals surface area contributed by atoms with Crippen LogP contribution in [0.5, 0.6) is 0 Å². The summed E-state index contributed by atoms with van der Waals surface area (Å²) >= 11 is 1.35. The van der Waals surface area contributed by atoms with Crippen molar-refractivity contribution in [1.82, 2.24) is 23.2 Å². The van der Waals surface area contributed by atoms with Crippen LogP contribution in [0.15, 0.2) is 27.5 Å². The maximum atomic E-state index is 12.8. The minimum atomic E-state index is -3.69. The van der Waals surface area contributed by atoms with Gasteiger partial charge in [-0.05, 0) is 26.7 Å². The number of carbonyl (C=O) groups is 1. The fourth-order valence-corrected chi connectivity index (χ4v) is 5.94. The molecule has 166 valence electrons. The fourth-order valence-electron chi connectivity index (χ4n) is 3.55. The molecule has 0 radical (unpaired) electrons. The molecule has 1 aliphatic rings. The van der Waals surface area contributed by atoms with Crippen LogP contribution in [-0.2, 0) is 33.2 Å². The number of sulfonamides is 1. The van der Waals surface area contributed by atoms with Crippen molar-refractivity contribution in [2.45, 2.75) is 38.3 Å². The van der Waals surface area contributed by atoms with Crippen molar-refractivity contribution in [2.24, 2.45) is 13.0 Å². The van der Waals surface area contributed by atoms with E-state index in [2.05, 4.69) is 9.97 Å². The van der Waals surface area contributed by atoms with Crippen LogP contribution < -0.4 is 5.56 Å². The van der Waals surface area contributed by atoms with Crippen LogP contribution in [0.4, 0.5) is 0 Å². The molecule has 4 rings (SSSR count). The molecule has 0 saturated carbocycles. The molecular weight excluding hydrogens is 442 g/mol. The first-order valence-electron chi connectivity index (χ1n) is 9.80. The number of hydrogen-bond donors (Lipinski definition) is 0. The summed E-state index contributed by atoms with van der Waals surface area (Å²) in [6.07, 6.45) is 2.22. The number of ether oxygens (including phenoxy) is 1. The van der Waals surface area contributed by atoms with Crippen LogP contribution in [-0.4, -0.2) is 50.7 Å². The van der Waals surface area contributed by atoms with E-state index in [0.717, 1.165) is 5.69 Å². The first kappa shape index (κ1) is 21.7. The van der Waals surface area contributed by atoms with E-state index >= 15 is 0 Å². The van der Waals surface area contributed by atoms with Gasteiger partial charge in [0.25, 0.3) is 15.6 Å². The van der Waals surface area contributed by atoms with Gasteiger partial charge in [-0.3, -0.25) is 14.0 Å². The number of carbonyl (C=O) groups excluding carboxylic acids is 1. The summed E-state index contributed by atoms with van der Waals surface area (Å²) in [6.45, 7) is 3.92. The predicted octanol–water partition coefficient (Wildman–Crippen LogP) is 1.25. The van der Waals surface area contributed by atoms with E-state index in [1.54, 1.807) is 18.5 Å². The molecule has 31 heavy (non-hydrogen) atoms. The van der Waals surface area contributed by atoms with Crippen molar-refractivity contribution >= 4 is 32.3 Å². The summed E-state index contributed by atoms with van der Waals surface area (Å²) in [4.78, 5) is 33.7. The highest BCUT2D eigenvalue weighted by Gasteiger charge is 2.34. The monoisotopic (exact) mass is 465 g/mol. The van der Waals surface area contributed by atoms with E-state index in [4.69, 9.17) is 4.74 Å². The molecule has 0 N–H and O–H groups in total. The summed E-state index contributed by atoms with van der Waals surface area (Å²) in [5.74, 6) is -0.193. The van der Waals surface area contributed by atoms with E-state index in [0.29, 0.717) is 29.3 Å². The molecule has 3 aromatic rings. The molecule has 0 aliphatic carbocycles. The second kappa shape index (κ2) is 8.17. The molecule has 0 spiro atoms. The number of aromatic nitrogens is 4. The van der Waals surface area contributed by atoms with Gasteiger partial charge in [0.15, 0.2) is 9.99 Å². The minimum Gasteiger partial charge on any atom is -0.459 e. The van der Waals surface area contributed by atoms with Gasteiger partial charge in [-0.2, -0.15) is 4.31 Å². The van der Waals surface area contributed by atoms with Crippen molar-refractivity contribution in [3.05, 3.63) is 45.2 Å². The van der Waals surface area contributed by atoms with Gasteiger partial charge in [-0.15, -0.1) is 11.3 Å². The average Bonchev–Trinajstić information content (AvgIpc) is 3.29. The fraction of sp³-hybridized carbons (Fsp3) is 0.474. The molecule has 0 aromatic carbocycles. The van der Waals surface area contributed by atoms with Crippen LogP contribution in [0.1, 0.15) is 30.1 Å². The molecule has 1 aliphatic heterocycles. The van der Waals surface area contributed by atoms with E-state index in [-0.39, 0.29) is 30.3 Å². The second-order valence-corrected chi connectivity index (χ2v) is 10.3. The molecule has 0 bridgehead atoms. The lowest BCUT2D eigenvalue weighted by Crippen LogP contribution is -2.40. The lowest BCUT2D eigenvalue weighted by Gasteiger charge is -2.29. The molecule has 0 unspecified atom stereocenters. The maximum absolute atomic E-state index is 12.8. The van der Waals surface area contributed by atoms with Gasteiger partial charge < -0.3 is 9.30 Å². The van der Waals surface area contributed by atoms with Crippen LogP contribution >= 0.6 is 11.3 Å². The van der Waals surface area contributed by atoms with Crippen LogP contribution in [0.3, 0.4) is 0 Å². The number of piperidine rings is 1. The van der Waals surface area contributed by atoms with Crippen molar-refractivity contribution < 1.29 is 17.9 Å². The first-order valence-corrected chi connectivity index (χ1v) is 12.1. The maximum Gasteiger partial charge on any atom is 0.309 e. The van der Waals surface area contributed by atoms with Gasteiger partial charge in [-0.1, -0.05) is 0 Å². The number of esters is 1. The zero-order valence-corrected chi connectivity index (χ0v) is 19.1. The van der Waals surface area contributed by atoms with Crippen molar-refractivity contribution in [1.29, 1.82) is 0 Å². The molecule has 0 atom stereocenters. The number of fused-ring (bicyclic) bond motifs is 1. The lowest BCUT2D eigenvalue weighted by atomic mass is 9.98. The smallest absolute Gasteiger partial charge is 0.309 e. The Morgan fingerprint density at radius 1 is 1.26 bits per heavy atom. The van der Waals surface area contributed by atoms with Crippen LogP contribution in [0, 0.1) is 19.8 Å². The van der Waals surface area contributed by atoms with Gasteiger partial charge >= 0.3 is 5.97 Å². The SMILES string of the molecule is Cc1nc(S(=O)(=O)N2CCC(C(=O)OCc3cc(=O)n4c(C)csc4n3)CC2)cn1C. The third kappa shape index (κ3) is 4.14. The normalized spacial score (nSPS) is 16.1. The molecule has 1 saturated heterocycles. The highest BCUT2D eigenvalue weighted by atomic mass is 32.2. The standard InChI is InChI=1S/C19H23N5O5S2/c1-12-11-30-19-21-15(8-17(25)24(12)19)10-29-18(26)14-4-6-23(7-5-14)31(27,28)16-9-22(3)13(2)20-16/h8-9,11,14H,4-7,10H2,1-3H3. The third-order valence-corrected chi connectivity index (χ3v) is 8.18. The van der Waals surface area contributed by atoms with Crippen LogP contribution in [0.2, 0.25) is 0 Å². The molecule has 12 heteroatoms. The van der Waals surface area contributed by atoms with Crippen molar-refractivity contribution in [2.75, 3.05) is 13.1 Å². The van der Waals surface area contributed by atoms with Gasteiger partial charge in [0.05, 0.1) is 11.6 Å². The number of rotatable bonds is 5. The first-order chi connectivity index (χ1) is 14.7. The lowest BCUT2D eigenvalue weighted by molar-refractivity contribution is -0.151. The van der Waals surface area contributed by atoms with E-state index in [1.165, 1.54) is 32.3 Å². The Morgan fingerprint density at radius 2 is 1.97 bits per heavy atom. The average molecular weight is 466 g/mol. The van der Waals surface area contributed by atoms with Gasteiger partial charge in [0.1, 0.15) is 12.4 Å². The molecule has 10 nitrogen and oxygen atoms in total. The summed E-state index contributed by atoms with van der Waals surface area (Å²) in [7, 11) is -1.95. The zero-order chi connectivity index (χ0) is 22.3. The minimum absolute atomic E-state index is 0.0186. The highest BCUT2D eigenvalue weighted by Crippen LogP contribution is 2.24. The molecule has 4 heterocycles. The number of imidazole rings is 1. The second-order valence-electron chi connectivity index (χ2n) is 7.60. The van der Waals surface area contributed by atoms with Gasteiger partial charge in [0, 0.05) is 43.5 Å². The topological polar surface area (TPSA) is 116 Å². The zero-order valence-electron chi connectivity index (χ0n) is 17.4. The highest BCUT2D eigenvalue weighted by molar-refractivity contribution is 7.89. The van der Waals surface area contributed by atoms with E-state index in [1.807, 2.05) is 12.3 Å². The van der Waals surface area contributed by atoms with Crippen LogP contribution in [0.25, 0.3) is 4.96 Å². The third-order valence-electron chi connectivity index (χ3n) is 5.47. The van der Waals surface area contributed by atoms with Crippen molar-refractivity contribution in [3.8, 4) is 0 Å². The van der Waals surface area contributed by atoms with Gasteiger partial charge in [-0.25, -0.2) is 18.4 Å². The molecule has 1 fully saturated rings. The molecular formula is C19H23N5O5S2. The quantitative estimate of drug-likeness (QED) is 0.521. The molecule has 0 amide bonds. The molecule has 3 aromatic heterocycles. The van der Waals surface area contributed by atoms with E-state index in [9.17, 15) is 18.0 Å².